The molecule has 22 heavy (non-hydrogen) atoms. The van der Waals surface area contributed by atoms with E-state index < -0.39 is 11.6 Å². The Morgan fingerprint density at radius 1 is 1.05 bits per heavy atom. The highest BCUT2D eigenvalue weighted by atomic mass is 35.5. The van der Waals surface area contributed by atoms with E-state index in [0.29, 0.717) is 11.4 Å². The highest BCUT2D eigenvalue weighted by Crippen LogP contribution is 2.35. The van der Waals surface area contributed by atoms with Crippen LogP contribution in [0.5, 0.6) is 0 Å². The summed E-state index contributed by atoms with van der Waals surface area (Å²) in [4.78, 5) is 3.82. The molecule has 0 bridgehead atoms. The van der Waals surface area contributed by atoms with Gasteiger partial charge in [0, 0.05) is 24.2 Å². The maximum absolute atomic E-state index is 14.4. The van der Waals surface area contributed by atoms with Crippen molar-refractivity contribution in [3.8, 4) is 22.5 Å². The summed E-state index contributed by atoms with van der Waals surface area (Å²) in [5.74, 6) is -1.15. The fourth-order valence-corrected chi connectivity index (χ4v) is 2.64. The molecule has 0 amide bonds. The van der Waals surface area contributed by atoms with Gasteiger partial charge >= 0.3 is 0 Å². The molecule has 2 aromatic heterocycles. The second-order valence-electron chi connectivity index (χ2n) is 4.58. The predicted molar refractivity (Wildman–Crippen MR) is 79.6 cm³/mol. The minimum atomic E-state index is -0.753. The van der Waals surface area contributed by atoms with E-state index in [9.17, 15) is 8.78 Å². The van der Waals surface area contributed by atoms with Crippen molar-refractivity contribution in [1.82, 2.24) is 19.7 Å². The maximum atomic E-state index is 14.4. The summed E-state index contributed by atoms with van der Waals surface area (Å²) in [6.45, 7) is 0. The van der Waals surface area contributed by atoms with Gasteiger partial charge in [-0.1, -0.05) is 23.2 Å². The average Bonchev–Trinajstić information content (AvgIpc) is 2.82. The number of aryl methyl sites for hydroxylation is 1. The highest BCUT2D eigenvalue weighted by molar-refractivity contribution is 6.32. The molecule has 0 fully saturated rings. The molecule has 0 saturated carbocycles. The number of pyridine rings is 1. The first-order valence-electron chi connectivity index (χ1n) is 6.12. The summed E-state index contributed by atoms with van der Waals surface area (Å²) in [5, 5.41) is 7.84. The minimum absolute atomic E-state index is 0.107. The van der Waals surface area contributed by atoms with Crippen LogP contribution in [-0.4, -0.2) is 19.7 Å². The normalized spacial score (nSPS) is 11.0. The molecule has 0 spiro atoms. The summed E-state index contributed by atoms with van der Waals surface area (Å²) in [6.07, 6.45) is 1.44. The molecule has 2 heterocycles. The Hall–Kier alpha value is -2.05. The number of nitrogens with zero attached hydrogens (tertiary/aromatic N) is 4. The topological polar surface area (TPSA) is 43.6 Å². The lowest BCUT2D eigenvalue weighted by atomic mass is 9.99. The smallest absolute Gasteiger partial charge is 0.164 e. The van der Waals surface area contributed by atoms with Crippen molar-refractivity contribution in [2.75, 3.05) is 0 Å². The van der Waals surface area contributed by atoms with E-state index in [2.05, 4.69) is 15.2 Å². The van der Waals surface area contributed by atoms with Crippen LogP contribution in [0, 0.1) is 11.6 Å². The van der Waals surface area contributed by atoms with Crippen molar-refractivity contribution in [3.63, 3.8) is 0 Å². The molecule has 0 atom stereocenters. The monoisotopic (exact) mass is 340 g/mol. The molecule has 0 aliphatic heterocycles. The van der Waals surface area contributed by atoms with E-state index in [1.165, 1.54) is 24.5 Å². The fourth-order valence-electron chi connectivity index (χ4n) is 2.18. The van der Waals surface area contributed by atoms with Gasteiger partial charge < -0.3 is 4.57 Å². The first-order chi connectivity index (χ1) is 10.5. The fraction of sp³-hybridized carbons (Fsp3) is 0.0714. The van der Waals surface area contributed by atoms with Crippen LogP contribution in [0.25, 0.3) is 22.5 Å². The van der Waals surface area contributed by atoms with Crippen LogP contribution in [0.15, 0.2) is 30.6 Å². The van der Waals surface area contributed by atoms with Crippen molar-refractivity contribution in [2.24, 2.45) is 7.05 Å². The van der Waals surface area contributed by atoms with E-state index in [1.54, 1.807) is 11.6 Å². The van der Waals surface area contributed by atoms with Gasteiger partial charge in [-0.25, -0.2) is 13.8 Å². The molecule has 0 aliphatic rings. The Morgan fingerprint density at radius 2 is 1.73 bits per heavy atom. The number of aromatic nitrogens is 4. The van der Waals surface area contributed by atoms with E-state index >= 15 is 0 Å². The Labute approximate surface area is 134 Å². The number of hydrogen-bond acceptors (Lipinski definition) is 3. The van der Waals surface area contributed by atoms with Crippen LogP contribution >= 0.6 is 23.2 Å². The SMILES string of the molecule is Cn1cnnc1-c1cc(F)cc(F)c1-c1cc(Cl)nc(Cl)c1. The Bertz CT molecular complexity index is 844. The molecule has 1 aromatic carbocycles. The molecule has 3 aromatic rings. The minimum Gasteiger partial charge on any atom is -0.317 e. The van der Waals surface area contributed by atoms with E-state index in [-0.39, 0.29) is 21.4 Å². The van der Waals surface area contributed by atoms with Crippen LogP contribution in [0.2, 0.25) is 10.3 Å². The lowest BCUT2D eigenvalue weighted by molar-refractivity contribution is 0.586. The molecule has 3 rings (SSSR count). The van der Waals surface area contributed by atoms with Crippen molar-refractivity contribution in [2.45, 2.75) is 0 Å². The molecular weight excluding hydrogens is 333 g/mol. The summed E-state index contributed by atoms with van der Waals surface area (Å²) in [5.41, 5.74) is 0.750. The third-order valence-electron chi connectivity index (χ3n) is 3.06. The number of rotatable bonds is 2. The number of hydrogen-bond donors (Lipinski definition) is 0. The molecule has 0 radical (unpaired) electrons. The summed E-state index contributed by atoms with van der Waals surface area (Å²) in [7, 11) is 1.68. The molecule has 0 unspecified atom stereocenters. The van der Waals surface area contributed by atoms with Crippen LogP contribution < -0.4 is 0 Å². The van der Waals surface area contributed by atoms with Gasteiger partial charge in [0.1, 0.15) is 28.3 Å². The van der Waals surface area contributed by atoms with E-state index in [1.807, 2.05) is 0 Å². The second-order valence-corrected chi connectivity index (χ2v) is 5.35. The molecule has 0 saturated heterocycles. The number of halogens is 4. The van der Waals surface area contributed by atoms with Crippen molar-refractivity contribution in [3.05, 3.63) is 52.5 Å². The molecule has 112 valence electrons. The Kier molecular flexibility index (Phi) is 3.80. The molecule has 8 heteroatoms. The zero-order chi connectivity index (χ0) is 15.9. The van der Waals surface area contributed by atoms with Crippen molar-refractivity contribution in [1.29, 1.82) is 0 Å². The van der Waals surface area contributed by atoms with Gasteiger partial charge in [-0.2, -0.15) is 0 Å². The standard InChI is InChI=1S/C14H8Cl2F2N4/c1-22-6-19-21-14(22)9-4-8(17)5-10(18)13(9)7-2-11(15)20-12(16)3-7/h2-6H,1H3. The quantitative estimate of drug-likeness (QED) is 0.659. The third-order valence-corrected chi connectivity index (χ3v) is 3.45. The first kappa shape index (κ1) is 14.9. The third kappa shape index (κ3) is 2.67. The lowest BCUT2D eigenvalue weighted by Gasteiger charge is -2.11. The van der Waals surface area contributed by atoms with Gasteiger partial charge in [0.25, 0.3) is 0 Å². The van der Waals surface area contributed by atoms with Gasteiger partial charge in [0.2, 0.25) is 0 Å². The zero-order valence-corrected chi connectivity index (χ0v) is 12.7. The predicted octanol–water partition coefficient (Wildman–Crippen LogP) is 4.13. The van der Waals surface area contributed by atoms with Gasteiger partial charge in [-0.05, 0) is 23.8 Å². The van der Waals surface area contributed by atoms with E-state index in [4.69, 9.17) is 23.2 Å². The van der Waals surface area contributed by atoms with Gasteiger partial charge in [-0.15, -0.1) is 10.2 Å². The largest absolute Gasteiger partial charge is 0.317 e. The molecule has 4 nitrogen and oxygen atoms in total. The zero-order valence-electron chi connectivity index (χ0n) is 11.2. The van der Waals surface area contributed by atoms with Crippen molar-refractivity contribution >= 4 is 23.2 Å². The van der Waals surface area contributed by atoms with Crippen LogP contribution in [0.3, 0.4) is 0 Å². The second kappa shape index (κ2) is 5.62. The lowest BCUT2D eigenvalue weighted by Crippen LogP contribution is -1.98. The van der Waals surface area contributed by atoms with Crippen LogP contribution in [0.1, 0.15) is 0 Å². The van der Waals surface area contributed by atoms with Gasteiger partial charge in [-0.3, -0.25) is 0 Å². The summed E-state index contributed by atoms with van der Waals surface area (Å²) >= 11 is 11.7. The summed E-state index contributed by atoms with van der Waals surface area (Å²) in [6, 6.07) is 4.87. The van der Waals surface area contributed by atoms with Crippen molar-refractivity contribution < 1.29 is 8.78 Å². The van der Waals surface area contributed by atoms with E-state index in [0.717, 1.165) is 6.07 Å². The molecular formula is C14H8Cl2F2N4. The Morgan fingerprint density at radius 3 is 2.32 bits per heavy atom. The first-order valence-corrected chi connectivity index (χ1v) is 6.88. The van der Waals surface area contributed by atoms with Gasteiger partial charge in [0.05, 0.1) is 0 Å². The molecule has 0 N–H and O–H groups in total. The summed E-state index contributed by atoms with van der Waals surface area (Å²) < 4.78 is 29.6. The highest BCUT2D eigenvalue weighted by Gasteiger charge is 2.19. The van der Waals surface area contributed by atoms with Crippen LogP contribution in [-0.2, 0) is 7.05 Å². The Balaban J connectivity index is 2.33. The van der Waals surface area contributed by atoms with Crippen LogP contribution in [0.4, 0.5) is 8.78 Å². The molecule has 0 aliphatic carbocycles. The van der Waals surface area contributed by atoms with Gasteiger partial charge in [0.15, 0.2) is 5.82 Å². The number of benzene rings is 1. The average molecular weight is 341 g/mol. The maximum Gasteiger partial charge on any atom is 0.164 e.